The predicted octanol–water partition coefficient (Wildman–Crippen LogP) is 4.65. The normalized spacial score (nSPS) is 18.2. The highest BCUT2D eigenvalue weighted by Gasteiger charge is 2.31. The lowest BCUT2D eigenvalue weighted by Gasteiger charge is -2.28. The molecule has 1 aromatic rings. The number of hydrogen-bond donors (Lipinski definition) is 1. The van der Waals surface area contributed by atoms with E-state index in [1.54, 1.807) is 0 Å². The van der Waals surface area contributed by atoms with Crippen LogP contribution in [0.4, 0.5) is 4.39 Å². The molecule has 0 amide bonds. The summed E-state index contributed by atoms with van der Waals surface area (Å²) in [6, 6.07) is 4.90. The van der Waals surface area contributed by atoms with E-state index < -0.39 is 0 Å². The van der Waals surface area contributed by atoms with Gasteiger partial charge in [0.25, 0.3) is 0 Å². The van der Waals surface area contributed by atoms with Crippen LogP contribution in [-0.4, -0.2) is 6.54 Å². The smallest absolute Gasteiger partial charge is 0.124 e. The van der Waals surface area contributed by atoms with Gasteiger partial charge in [-0.15, -0.1) is 0 Å². The van der Waals surface area contributed by atoms with Crippen molar-refractivity contribution < 1.29 is 4.39 Å². The van der Waals surface area contributed by atoms with Crippen molar-refractivity contribution in [2.75, 3.05) is 6.54 Å². The number of nitrogens with one attached hydrogen (secondary N) is 1. The Morgan fingerprint density at radius 2 is 2.06 bits per heavy atom. The molecule has 0 saturated heterocycles. The molecule has 0 aliphatic heterocycles. The van der Waals surface area contributed by atoms with Gasteiger partial charge >= 0.3 is 0 Å². The maximum atomic E-state index is 13.0. The molecular weight excluding hydrogens is 293 g/mol. The first kappa shape index (κ1) is 14.0. The van der Waals surface area contributed by atoms with Crippen LogP contribution in [0, 0.1) is 11.2 Å². The van der Waals surface area contributed by atoms with Crippen molar-refractivity contribution in [3.63, 3.8) is 0 Å². The van der Waals surface area contributed by atoms with E-state index in [2.05, 4.69) is 28.2 Å². The summed E-state index contributed by atoms with van der Waals surface area (Å²) in [5.74, 6) is -0.188. The van der Waals surface area contributed by atoms with Crippen molar-refractivity contribution in [2.24, 2.45) is 5.41 Å². The third-order valence-electron chi connectivity index (χ3n) is 4.24. The Kier molecular flexibility index (Phi) is 4.79. The molecule has 0 spiro atoms. The van der Waals surface area contributed by atoms with E-state index in [4.69, 9.17) is 0 Å². The Labute approximate surface area is 117 Å². The van der Waals surface area contributed by atoms with Crippen LogP contribution in [0.15, 0.2) is 22.7 Å². The summed E-state index contributed by atoms with van der Waals surface area (Å²) >= 11 is 3.41. The highest BCUT2D eigenvalue weighted by atomic mass is 79.9. The van der Waals surface area contributed by atoms with Crippen molar-refractivity contribution in [1.29, 1.82) is 0 Å². The van der Waals surface area contributed by atoms with Crippen LogP contribution in [-0.2, 0) is 6.54 Å². The summed E-state index contributed by atoms with van der Waals surface area (Å²) in [7, 11) is 0. The van der Waals surface area contributed by atoms with Gasteiger partial charge in [-0.25, -0.2) is 4.39 Å². The van der Waals surface area contributed by atoms with Gasteiger partial charge in [0, 0.05) is 17.6 Å². The lowest BCUT2D eigenvalue weighted by Crippen LogP contribution is -2.31. The monoisotopic (exact) mass is 313 g/mol. The van der Waals surface area contributed by atoms with Gasteiger partial charge in [-0.1, -0.05) is 41.8 Å². The first-order valence-corrected chi connectivity index (χ1v) is 7.59. The van der Waals surface area contributed by atoms with Crippen molar-refractivity contribution in [1.82, 2.24) is 5.32 Å². The van der Waals surface area contributed by atoms with Gasteiger partial charge < -0.3 is 5.32 Å². The SMILES string of the molecule is CCC1(CNCc2ccc(F)cc2Br)CCCC1. The summed E-state index contributed by atoms with van der Waals surface area (Å²) in [4.78, 5) is 0. The average molecular weight is 314 g/mol. The Morgan fingerprint density at radius 1 is 1.33 bits per heavy atom. The standard InChI is InChI=1S/C15H21BrFN/c1-2-15(7-3-4-8-15)11-18-10-12-5-6-13(17)9-14(12)16/h5-6,9,18H,2-4,7-8,10-11H2,1H3. The minimum absolute atomic E-state index is 0.188. The second-order valence-corrected chi connectivity index (χ2v) is 6.25. The van der Waals surface area contributed by atoms with Gasteiger partial charge in [-0.2, -0.15) is 0 Å². The zero-order valence-corrected chi connectivity index (χ0v) is 12.5. The van der Waals surface area contributed by atoms with Gasteiger partial charge in [-0.3, -0.25) is 0 Å². The van der Waals surface area contributed by atoms with Crippen LogP contribution in [0.5, 0.6) is 0 Å². The highest BCUT2D eigenvalue weighted by Crippen LogP contribution is 2.40. The zero-order valence-electron chi connectivity index (χ0n) is 10.9. The molecule has 1 aromatic carbocycles. The second-order valence-electron chi connectivity index (χ2n) is 5.40. The van der Waals surface area contributed by atoms with Crippen LogP contribution < -0.4 is 5.32 Å². The molecule has 2 rings (SSSR count). The Bertz CT molecular complexity index is 399. The Balaban J connectivity index is 1.88. The van der Waals surface area contributed by atoms with Gasteiger partial charge in [0.1, 0.15) is 5.82 Å². The number of benzene rings is 1. The highest BCUT2D eigenvalue weighted by molar-refractivity contribution is 9.10. The van der Waals surface area contributed by atoms with Gasteiger partial charge in [-0.05, 0) is 42.4 Å². The molecule has 1 N–H and O–H groups in total. The third kappa shape index (κ3) is 3.33. The molecule has 1 saturated carbocycles. The third-order valence-corrected chi connectivity index (χ3v) is 4.98. The molecule has 1 fully saturated rings. The van der Waals surface area contributed by atoms with Gasteiger partial charge in [0.15, 0.2) is 0 Å². The molecule has 0 unspecified atom stereocenters. The number of rotatable bonds is 5. The molecular formula is C15H21BrFN. The Hall–Kier alpha value is -0.410. The van der Waals surface area contributed by atoms with Crippen LogP contribution in [0.1, 0.15) is 44.6 Å². The largest absolute Gasteiger partial charge is 0.312 e. The van der Waals surface area contributed by atoms with Crippen LogP contribution in [0.2, 0.25) is 0 Å². The van der Waals surface area contributed by atoms with E-state index in [0.717, 1.165) is 23.1 Å². The quantitative estimate of drug-likeness (QED) is 0.834. The average Bonchev–Trinajstić information content (AvgIpc) is 2.81. The van der Waals surface area contributed by atoms with Crippen molar-refractivity contribution in [2.45, 2.75) is 45.6 Å². The fraction of sp³-hybridized carbons (Fsp3) is 0.600. The lowest BCUT2D eigenvalue weighted by molar-refractivity contribution is 0.268. The number of halogens is 2. The van der Waals surface area contributed by atoms with E-state index in [9.17, 15) is 4.39 Å². The first-order chi connectivity index (χ1) is 8.65. The van der Waals surface area contributed by atoms with Gasteiger partial charge in [0.2, 0.25) is 0 Å². The lowest BCUT2D eigenvalue weighted by atomic mass is 9.83. The summed E-state index contributed by atoms with van der Waals surface area (Å²) < 4.78 is 13.8. The zero-order chi connectivity index (χ0) is 13.0. The molecule has 0 atom stereocenters. The predicted molar refractivity (Wildman–Crippen MR) is 77.0 cm³/mol. The summed E-state index contributed by atoms with van der Waals surface area (Å²) in [6.45, 7) is 4.18. The molecule has 1 nitrogen and oxygen atoms in total. The van der Waals surface area contributed by atoms with Crippen molar-refractivity contribution >= 4 is 15.9 Å². The maximum Gasteiger partial charge on any atom is 0.124 e. The summed E-state index contributed by atoms with van der Waals surface area (Å²) in [5.41, 5.74) is 1.63. The topological polar surface area (TPSA) is 12.0 Å². The first-order valence-electron chi connectivity index (χ1n) is 6.80. The minimum atomic E-state index is -0.188. The molecule has 18 heavy (non-hydrogen) atoms. The van der Waals surface area contributed by atoms with Crippen molar-refractivity contribution in [3.05, 3.63) is 34.1 Å². The summed E-state index contributed by atoms with van der Waals surface area (Å²) in [5, 5.41) is 3.54. The molecule has 1 aliphatic carbocycles. The number of hydrogen-bond acceptors (Lipinski definition) is 1. The minimum Gasteiger partial charge on any atom is -0.312 e. The second kappa shape index (κ2) is 6.16. The molecule has 0 aromatic heterocycles. The summed E-state index contributed by atoms with van der Waals surface area (Å²) in [6.07, 6.45) is 6.69. The molecule has 100 valence electrons. The van der Waals surface area contributed by atoms with Crippen LogP contribution in [0.3, 0.4) is 0 Å². The fourth-order valence-electron chi connectivity index (χ4n) is 2.91. The molecule has 0 heterocycles. The van der Waals surface area contributed by atoms with Crippen LogP contribution in [0.25, 0.3) is 0 Å². The fourth-order valence-corrected chi connectivity index (χ4v) is 3.40. The van der Waals surface area contributed by atoms with E-state index in [1.807, 2.05) is 6.07 Å². The van der Waals surface area contributed by atoms with Crippen molar-refractivity contribution in [3.8, 4) is 0 Å². The maximum absolute atomic E-state index is 13.0. The molecule has 1 aliphatic rings. The van der Waals surface area contributed by atoms with E-state index >= 15 is 0 Å². The molecule has 0 bridgehead atoms. The molecule has 0 radical (unpaired) electrons. The van der Waals surface area contributed by atoms with E-state index in [1.165, 1.54) is 44.2 Å². The van der Waals surface area contributed by atoms with E-state index in [0.29, 0.717) is 5.41 Å². The van der Waals surface area contributed by atoms with Gasteiger partial charge in [0.05, 0.1) is 0 Å². The Morgan fingerprint density at radius 3 is 2.67 bits per heavy atom. The molecule has 3 heteroatoms. The van der Waals surface area contributed by atoms with E-state index in [-0.39, 0.29) is 5.82 Å². The van der Waals surface area contributed by atoms with Crippen LogP contribution >= 0.6 is 15.9 Å².